The molecule has 3 heterocycles. The first-order valence-electron chi connectivity index (χ1n) is 7.28. The Balaban J connectivity index is 2.01. The van der Waals surface area contributed by atoms with Crippen LogP contribution in [0.4, 0.5) is 0 Å². The zero-order chi connectivity index (χ0) is 17.1. The van der Waals surface area contributed by atoms with E-state index >= 15 is 0 Å². The van der Waals surface area contributed by atoms with Crippen LogP contribution in [0.25, 0.3) is 20.8 Å². The number of nitrogens with zero attached hydrogens (tertiary/aromatic N) is 3. The quantitative estimate of drug-likeness (QED) is 0.672. The summed E-state index contributed by atoms with van der Waals surface area (Å²) >= 11 is 2.97. The highest BCUT2D eigenvalue weighted by Crippen LogP contribution is 2.31. The average Bonchev–Trinajstić information content (AvgIpc) is 3.20. The highest BCUT2D eigenvalue weighted by atomic mass is 32.1. The van der Waals surface area contributed by atoms with Crippen LogP contribution in [0.3, 0.4) is 0 Å². The molecule has 1 amide bonds. The predicted molar refractivity (Wildman–Crippen MR) is 94.6 cm³/mol. The Morgan fingerprint density at radius 2 is 2.29 bits per heavy atom. The van der Waals surface area contributed by atoms with E-state index in [0.29, 0.717) is 24.4 Å². The van der Waals surface area contributed by atoms with Gasteiger partial charge in [-0.15, -0.1) is 22.7 Å². The van der Waals surface area contributed by atoms with Gasteiger partial charge in [-0.05, 0) is 18.4 Å². The monoisotopic (exact) mass is 364 g/mol. The van der Waals surface area contributed by atoms with E-state index in [0.717, 1.165) is 14.6 Å². The number of ether oxygens (including phenoxy) is 1. The number of rotatable bonds is 6. The van der Waals surface area contributed by atoms with E-state index in [4.69, 9.17) is 4.74 Å². The highest BCUT2D eigenvalue weighted by Gasteiger charge is 2.18. The summed E-state index contributed by atoms with van der Waals surface area (Å²) in [7, 11) is 1.56. The minimum absolute atomic E-state index is 0.145. The zero-order valence-electron chi connectivity index (χ0n) is 13.2. The summed E-state index contributed by atoms with van der Waals surface area (Å²) in [6.07, 6.45) is 0. The van der Waals surface area contributed by atoms with E-state index in [-0.39, 0.29) is 18.0 Å². The van der Waals surface area contributed by atoms with Gasteiger partial charge in [-0.2, -0.15) is 5.10 Å². The van der Waals surface area contributed by atoms with Gasteiger partial charge in [0.2, 0.25) is 5.91 Å². The zero-order valence-corrected chi connectivity index (χ0v) is 14.9. The maximum absolute atomic E-state index is 12.6. The predicted octanol–water partition coefficient (Wildman–Crippen LogP) is 1.65. The van der Waals surface area contributed by atoms with E-state index in [1.54, 1.807) is 7.11 Å². The van der Waals surface area contributed by atoms with E-state index in [9.17, 15) is 9.59 Å². The van der Waals surface area contributed by atoms with Crippen molar-refractivity contribution >= 4 is 38.8 Å². The molecule has 0 saturated heterocycles. The minimum atomic E-state index is -0.350. The van der Waals surface area contributed by atoms with Gasteiger partial charge in [0.15, 0.2) is 5.52 Å². The van der Waals surface area contributed by atoms with E-state index in [1.165, 1.54) is 27.4 Å². The van der Waals surface area contributed by atoms with Crippen LogP contribution in [0.5, 0.6) is 0 Å². The number of amides is 1. The highest BCUT2D eigenvalue weighted by molar-refractivity contribution is 7.20. The fraction of sp³-hybridized carbons (Fsp3) is 0.333. The summed E-state index contributed by atoms with van der Waals surface area (Å²) in [5.41, 5.74) is 0.701. The number of nitrogens with one attached hydrogen (secondary N) is 1. The number of fused-ring (bicyclic) bond motifs is 1. The van der Waals surface area contributed by atoms with Crippen molar-refractivity contribution < 1.29 is 9.53 Å². The Labute approximate surface area is 145 Å². The third-order valence-corrected chi connectivity index (χ3v) is 5.14. The molecule has 0 bridgehead atoms. The van der Waals surface area contributed by atoms with Crippen LogP contribution in [0, 0.1) is 6.92 Å². The van der Waals surface area contributed by atoms with Gasteiger partial charge < -0.3 is 10.1 Å². The lowest BCUT2D eigenvalue weighted by Gasteiger charge is -2.08. The molecule has 7 nitrogen and oxygen atoms in total. The smallest absolute Gasteiger partial charge is 0.294 e. The largest absolute Gasteiger partial charge is 0.383 e. The first-order chi connectivity index (χ1) is 11.6. The molecule has 0 aliphatic heterocycles. The number of aromatic nitrogens is 3. The van der Waals surface area contributed by atoms with Crippen LogP contribution in [0.15, 0.2) is 22.3 Å². The van der Waals surface area contributed by atoms with Gasteiger partial charge in [-0.25, -0.2) is 9.67 Å². The number of thiophene rings is 1. The molecule has 1 N–H and O–H groups in total. The number of thiazole rings is 1. The second-order valence-electron chi connectivity index (χ2n) is 5.04. The van der Waals surface area contributed by atoms with Crippen molar-refractivity contribution in [1.29, 1.82) is 0 Å². The fourth-order valence-electron chi connectivity index (χ4n) is 2.23. The van der Waals surface area contributed by atoms with Crippen LogP contribution in [0.1, 0.15) is 5.01 Å². The standard InChI is InChI=1S/C15H16N4O3S2/c1-9-17-13-14(24-9)12(10-4-3-7-23-10)18-19(15(13)21)8-11(20)16-5-6-22-2/h3-4,7H,5-6,8H2,1-2H3,(H,16,20). The van der Waals surface area contributed by atoms with Gasteiger partial charge in [-0.3, -0.25) is 9.59 Å². The van der Waals surface area contributed by atoms with Crippen LogP contribution in [0.2, 0.25) is 0 Å². The molecule has 3 aromatic rings. The van der Waals surface area contributed by atoms with Crippen LogP contribution >= 0.6 is 22.7 Å². The molecule has 0 spiro atoms. The second kappa shape index (κ2) is 7.20. The summed E-state index contributed by atoms with van der Waals surface area (Å²) in [6.45, 7) is 2.51. The molecule has 0 aliphatic carbocycles. The van der Waals surface area contributed by atoms with Crippen molar-refractivity contribution in [2.24, 2.45) is 0 Å². The Bertz CT molecular complexity index is 915. The van der Waals surface area contributed by atoms with Crippen LogP contribution in [-0.2, 0) is 16.1 Å². The number of methoxy groups -OCH3 is 1. The molecule has 9 heteroatoms. The van der Waals surface area contributed by atoms with Gasteiger partial charge in [0, 0.05) is 13.7 Å². The summed E-state index contributed by atoms with van der Waals surface area (Å²) in [4.78, 5) is 29.8. The van der Waals surface area contributed by atoms with E-state index in [1.807, 2.05) is 24.4 Å². The van der Waals surface area contributed by atoms with Crippen molar-refractivity contribution in [3.63, 3.8) is 0 Å². The lowest BCUT2D eigenvalue weighted by atomic mass is 10.3. The molecule has 24 heavy (non-hydrogen) atoms. The molecule has 0 fully saturated rings. The fourth-order valence-corrected chi connectivity index (χ4v) is 3.92. The van der Waals surface area contributed by atoms with Gasteiger partial charge in [-0.1, -0.05) is 6.07 Å². The van der Waals surface area contributed by atoms with Gasteiger partial charge in [0.25, 0.3) is 5.56 Å². The number of hydrogen-bond donors (Lipinski definition) is 1. The SMILES string of the molecule is COCCNC(=O)Cn1nc(-c2cccs2)c2sc(C)nc2c1=O. The summed E-state index contributed by atoms with van der Waals surface area (Å²) in [5.74, 6) is -0.287. The Kier molecular flexibility index (Phi) is 5.03. The molecule has 0 atom stereocenters. The Morgan fingerprint density at radius 1 is 1.46 bits per heavy atom. The molecule has 0 aromatic carbocycles. The minimum Gasteiger partial charge on any atom is -0.383 e. The molecule has 3 rings (SSSR count). The first-order valence-corrected chi connectivity index (χ1v) is 8.97. The molecule has 0 unspecified atom stereocenters. The van der Waals surface area contributed by atoms with Gasteiger partial charge in [0.1, 0.15) is 12.2 Å². The topological polar surface area (TPSA) is 86.1 Å². The van der Waals surface area contributed by atoms with Crippen molar-refractivity contribution in [2.45, 2.75) is 13.5 Å². The normalized spacial score (nSPS) is 11.1. The molecule has 0 radical (unpaired) electrons. The maximum Gasteiger partial charge on any atom is 0.294 e. The Morgan fingerprint density at radius 3 is 3.00 bits per heavy atom. The first kappa shape index (κ1) is 16.7. The van der Waals surface area contributed by atoms with Gasteiger partial charge in [0.05, 0.1) is 21.2 Å². The molecule has 3 aromatic heterocycles. The molecule has 0 aliphatic rings. The number of carbonyl (C=O) groups is 1. The third kappa shape index (κ3) is 3.37. The Hall–Kier alpha value is -2.10. The summed E-state index contributed by atoms with van der Waals surface area (Å²) in [6, 6.07) is 3.86. The van der Waals surface area contributed by atoms with Gasteiger partial charge >= 0.3 is 0 Å². The van der Waals surface area contributed by atoms with Crippen molar-refractivity contribution in [1.82, 2.24) is 20.1 Å². The number of carbonyl (C=O) groups excluding carboxylic acids is 1. The maximum atomic E-state index is 12.6. The van der Waals surface area contributed by atoms with Crippen LogP contribution < -0.4 is 10.9 Å². The molecule has 126 valence electrons. The number of hydrogen-bond acceptors (Lipinski definition) is 7. The third-order valence-electron chi connectivity index (χ3n) is 3.28. The second-order valence-corrected chi connectivity index (χ2v) is 7.19. The summed E-state index contributed by atoms with van der Waals surface area (Å²) in [5, 5.41) is 9.85. The van der Waals surface area contributed by atoms with E-state index in [2.05, 4.69) is 15.4 Å². The lowest BCUT2D eigenvalue weighted by molar-refractivity contribution is -0.122. The average molecular weight is 364 g/mol. The van der Waals surface area contributed by atoms with Crippen molar-refractivity contribution in [2.75, 3.05) is 20.3 Å². The molecule has 0 saturated carbocycles. The number of aryl methyl sites for hydroxylation is 1. The summed E-state index contributed by atoms with van der Waals surface area (Å²) < 4.78 is 6.83. The van der Waals surface area contributed by atoms with Crippen molar-refractivity contribution in [3.05, 3.63) is 32.9 Å². The van der Waals surface area contributed by atoms with Crippen molar-refractivity contribution in [3.8, 4) is 10.6 Å². The molecular weight excluding hydrogens is 348 g/mol. The van der Waals surface area contributed by atoms with Crippen LogP contribution in [-0.4, -0.2) is 40.9 Å². The molecular formula is C15H16N4O3S2. The van der Waals surface area contributed by atoms with E-state index < -0.39 is 0 Å². The lowest BCUT2D eigenvalue weighted by Crippen LogP contribution is -2.35.